The van der Waals surface area contributed by atoms with Gasteiger partial charge in [0.1, 0.15) is 0 Å². The van der Waals surface area contributed by atoms with Gasteiger partial charge in [0.15, 0.2) is 0 Å². The van der Waals surface area contributed by atoms with Crippen molar-refractivity contribution in [3.05, 3.63) is 0 Å². The summed E-state index contributed by atoms with van der Waals surface area (Å²) in [5, 5.41) is 0. The van der Waals surface area contributed by atoms with E-state index in [1.54, 1.807) is 0 Å². The van der Waals surface area contributed by atoms with Gasteiger partial charge in [0.05, 0.1) is 0 Å². The van der Waals surface area contributed by atoms with Crippen LogP contribution in [0.25, 0.3) is 0 Å². The number of piperazine rings is 1. The maximum atomic E-state index is 12.0. The van der Waals surface area contributed by atoms with E-state index in [4.69, 9.17) is 0 Å². The molecule has 128 valence electrons. The number of amides is 1. The lowest BCUT2D eigenvalue weighted by Gasteiger charge is -2.38. The molecule has 0 aromatic carbocycles. The molecular weight excluding hydrogens is 274 g/mol. The van der Waals surface area contributed by atoms with Crippen LogP contribution in [0.4, 0.5) is 0 Å². The molecule has 0 aromatic rings. The zero-order chi connectivity index (χ0) is 16.1. The van der Waals surface area contributed by atoms with Crippen LogP contribution in [0.15, 0.2) is 0 Å². The van der Waals surface area contributed by atoms with Gasteiger partial charge < -0.3 is 9.80 Å². The van der Waals surface area contributed by atoms with Gasteiger partial charge in [-0.2, -0.15) is 0 Å². The summed E-state index contributed by atoms with van der Waals surface area (Å²) in [5.41, 5.74) is 0. The first-order chi connectivity index (χ1) is 10.5. The van der Waals surface area contributed by atoms with E-state index in [0.29, 0.717) is 11.9 Å². The Balaban J connectivity index is 1.62. The van der Waals surface area contributed by atoms with Gasteiger partial charge in [0.2, 0.25) is 5.91 Å². The zero-order valence-corrected chi connectivity index (χ0v) is 15.1. The topological polar surface area (TPSA) is 26.8 Å². The molecule has 2 rings (SSSR count). The zero-order valence-electron chi connectivity index (χ0n) is 15.1. The number of carbonyl (C=O) groups excluding carboxylic acids is 1. The highest BCUT2D eigenvalue weighted by Crippen LogP contribution is 2.22. The monoisotopic (exact) mass is 309 g/mol. The highest BCUT2D eigenvalue weighted by atomic mass is 16.2. The second-order valence-corrected chi connectivity index (χ2v) is 7.68. The minimum Gasteiger partial charge on any atom is -0.342 e. The van der Waals surface area contributed by atoms with Crippen LogP contribution in [0.1, 0.15) is 47.0 Å². The molecule has 4 heteroatoms. The van der Waals surface area contributed by atoms with E-state index < -0.39 is 0 Å². The van der Waals surface area contributed by atoms with Gasteiger partial charge in [0.25, 0.3) is 0 Å². The maximum absolute atomic E-state index is 12.0. The second kappa shape index (κ2) is 8.30. The molecule has 0 atom stereocenters. The molecule has 2 aliphatic heterocycles. The highest BCUT2D eigenvalue weighted by Gasteiger charge is 2.25. The van der Waals surface area contributed by atoms with Crippen molar-refractivity contribution in [2.75, 3.05) is 45.8 Å². The summed E-state index contributed by atoms with van der Waals surface area (Å²) in [5.74, 6) is 1.30. The number of rotatable bonds is 5. The van der Waals surface area contributed by atoms with E-state index in [9.17, 15) is 4.79 Å². The predicted molar refractivity (Wildman–Crippen MR) is 91.9 cm³/mol. The van der Waals surface area contributed by atoms with Crippen LogP contribution in [-0.4, -0.2) is 72.5 Å². The average Bonchev–Trinajstić information content (AvgIpc) is 2.53. The number of carbonyl (C=O) groups is 1. The van der Waals surface area contributed by atoms with Gasteiger partial charge in [-0.25, -0.2) is 0 Å². The molecule has 0 aromatic heterocycles. The van der Waals surface area contributed by atoms with Crippen molar-refractivity contribution in [3.8, 4) is 0 Å². The number of piperidine rings is 1. The standard InChI is InChI=1S/C18H35N3O/c1-15(2)18(22)21-9-6-17(7-10-21)5-8-19-11-13-20(14-12-19)16(3)4/h15-17H,5-14H2,1-4H3. The minimum atomic E-state index is 0.147. The molecule has 2 fully saturated rings. The summed E-state index contributed by atoms with van der Waals surface area (Å²) >= 11 is 0. The van der Waals surface area contributed by atoms with Crippen molar-refractivity contribution in [2.45, 2.75) is 53.0 Å². The Labute approximate surface area is 136 Å². The Morgan fingerprint density at radius 3 is 2.05 bits per heavy atom. The second-order valence-electron chi connectivity index (χ2n) is 7.68. The van der Waals surface area contributed by atoms with E-state index in [1.807, 2.05) is 13.8 Å². The van der Waals surface area contributed by atoms with E-state index in [1.165, 1.54) is 52.0 Å². The molecule has 0 N–H and O–H groups in total. The summed E-state index contributed by atoms with van der Waals surface area (Å²) in [6.07, 6.45) is 3.71. The molecule has 0 radical (unpaired) electrons. The molecule has 0 saturated carbocycles. The first kappa shape index (κ1) is 17.7. The molecule has 4 nitrogen and oxygen atoms in total. The van der Waals surface area contributed by atoms with Gasteiger partial charge in [-0.1, -0.05) is 13.8 Å². The molecule has 2 saturated heterocycles. The van der Waals surface area contributed by atoms with Gasteiger partial charge in [-0.05, 0) is 45.6 Å². The molecule has 0 unspecified atom stereocenters. The summed E-state index contributed by atoms with van der Waals surface area (Å²) in [4.78, 5) is 19.3. The summed E-state index contributed by atoms with van der Waals surface area (Å²) in [6.45, 7) is 16.7. The number of hydrogen-bond acceptors (Lipinski definition) is 3. The van der Waals surface area contributed by atoms with Gasteiger partial charge in [0, 0.05) is 51.2 Å². The minimum absolute atomic E-state index is 0.147. The molecule has 22 heavy (non-hydrogen) atoms. The van der Waals surface area contributed by atoms with E-state index >= 15 is 0 Å². The SMILES string of the molecule is CC(C)C(=O)N1CCC(CCN2CCN(C(C)C)CC2)CC1. The lowest BCUT2D eigenvalue weighted by molar-refractivity contribution is -0.135. The van der Waals surface area contributed by atoms with Crippen LogP contribution in [0.2, 0.25) is 0 Å². The molecule has 2 aliphatic rings. The Morgan fingerprint density at radius 1 is 0.955 bits per heavy atom. The largest absolute Gasteiger partial charge is 0.342 e. The molecule has 2 heterocycles. The van der Waals surface area contributed by atoms with Crippen molar-refractivity contribution in [2.24, 2.45) is 11.8 Å². The first-order valence-corrected chi connectivity index (χ1v) is 9.22. The van der Waals surface area contributed by atoms with Gasteiger partial charge in [-0.3, -0.25) is 9.69 Å². The molecular formula is C18H35N3O. The van der Waals surface area contributed by atoms with Crippen LogP contribution in [-0.2, 0) is 4.79 Å². The van der Waals surface area contributed by atoms with Crippen LogP contribution < -0.4 is 0 Å². The normalized spacial score (nSPS) is 22.7. The van der Waals surface area contributed by atoms with Crippen molar-refractivity contribution in [1.82, 2.24) is 14.7 Å². The fraction of sp³-hybridized carbons (Fsp3) is 0.944. The van der Waals surface area contributed by atoms with E-state index in [-0.39, 0.29) is 5.92 Å². The Hall–Kier alpha value is -0.610. The average molecular weight is 309 g/mol. The number of likely N-dealkylation sites (tertiary alicyclic amines) is 1. The quantitative estimate of drug-likeness (QED) is 0.780. The van der Waals surface area contributed by atoms with Crippen molar-refractivity contribution in [1.29, 1.82) is 0 Å². The van der Waals surface area contributed by atoms with Crippen LogP contribution in [0.3, 0.4) is 0 Å². The Morgan fingerprint density at radius 2 is 1.55 bits per heavy atom. The molecule has 0 aliphatic carbocycles. The van der Waals surface area contributed by atoms with Crippen molar-refractivity contribution < 1.29 is 4.79 Å². The summed E-state index contributed by atoms with van der Waals surface area (Å²) < 4.78 is 0. The van der Waals surface area contributed by atoms with Crippen molar-refractivity contribution in [3.63, 3.8) is 0 Å². The lowest BCUT2D eigenvalue weighted by Crippen LogP contribution is -2.49. The Bertz CT molecular complexity index is 340. The van der Waals surface area contributed by atoms with Crippen LogP contribution >= 0.6 is 0 Å². The van der Waals surface area contributed by atoms with Crippen molar-refractivity contribution >= 4 is 5.91 Å². The molecule has 0 spiro atoms. The smallest absolute Gasteiger partial charge is 0.225 e. The van der Waals surface area contributed by atoms with Gasteiger partial charge >= 0.3 is 0 Å². The van der Waals surface area contributed by atoms with Crippen LogP contribution in [0, 0.1) is 11.8 Å². The van der Waals surface area contributed by atoms with Crippen LogP contribution in [0.5, 0.6) is 0 Å². The maximum Gasteiger partial charge on any atom is 0.225 e. The third-order valence-corrected chi connectivity index (χ3v) is 5.41. The highest BCUT2D eigenvalue weighted by molar-refractivity contribution is 5.78. The fourth-order valence-electron chi connectivity index (χ4n) is 3.68. The first-order valence-electron chi connectivity index (χ1n) is 9.22. The fourth-order valence-corrected chi connectivity index (χ4v) is 3.68. The lowest BCUT2D eigenvalue weighted by atomic mass is 9.92. The van der Waals surface area contributed by atoms with E-state index in [2.05, 4.69) is 28.5 Å². The van der Waals surface area contributed by atoms with Gasteiger partial charge in [-0.15, -0.1) is 0 Å². The number of nitrogens with zero attached hydrogens (tertiary/aromatic N) is 3. The summed E-state index contributed by atoms with van der Waals surface area (Å²) in [7, 11) is 0. The third-order valence-electron chi connectivity index (χ3n) is 5.41. The molecule has 0 bridgehead atoms. The van der Waals surface area contributed by atoms with E-state index in [0.717, 1.165) is 19.0 Å². The summed E-state index contributed by atoms with van der Waals surface area (Å²) in [6, 6.07) is 0.685. The number of hydrogen-bond donors (Lipinski definition) is 0. The Kier molecular flexibility index (Phi) is 6.69. The predicted octanol–water partition coefficient (Wildman–Crippen LogP) is 2.30. The molecule has 1 amide bonds. The third kappa shape index (κ3) is 4.95.